The summed E-state index contributed by atoms with van der Waals surface area (Å²) in [5, 5.41) is 5.08. The van der Waals surface area contributed by atoms with Gasteiger partial charge in [-0.05, 0) is 44.9 Å². The van der Waals surface area contributed by atoms with Crippen molar-refractivity contribution < 1.29 is 0 Å². The first kappa shape index (κ1) is 14.2. The van der Waals surface area contributed by atoms with Crippen molar-refractivity contribution in [3.05, 3.63) is 44.6 Å². The SMILES string of the molecule is CC1=C(C2=C(C)C(C)=C(C)[P+]2(C)C)[P+](C)(C)C=C1. The van der Waals surface area contributed by atoms with Crippen LogP contribution >= 0.6 is 14.5 Å². The minimum atomic E-state index is -1.08. The van der Waals surface area contributed by atoms with Crippen LogP contribution in [0.15, 0.2) is 44.6 Å². The topological polar surface area (TPSA) is 0 Å². The molecule has 0 spiro atoms. The Hall–Kier alpha value is -0.180. The van der Waals surface area contributed by atoms with E-state index in [0.29, 0.717) is 0 Å². The zero-order valence-electron chi connectivity index (χ0n) is 13.0. The van der Waals surface area contributed by atoms with Gasteiger partial charge in [-0.1, -0.05) is 0 Å². The highest BCUT2D eigenvalue weighted by atomic mass is 31.2. The summed E-state index contributed by atoms with van der Waals surface area (Å²) in [6, 6.07) is 0. The standard InChI is InChI=1S/C16H26P2/c1-11-9-10-17(5,6)15(11)16-13(3)12(2)14(4)18(16,7)8/h9-10H,1-8H3/q+2. The number of allylic oxidation sites excluding steroid dienone is 7. The molecule has 0 aromatic rings. The normalized spacial score (nSPS) is 25.8. The minimum Gasteiger partial charge on any atom is -0.0358 e. The fourth-order valence-electron chi connectivity index (χ4n) is 3.26. The molecule has 2 heteroatoms. The molecule has 2 heterocycles. The molecule has 0 amide bonds. The fraction of sp³-hybridized carbons (Fsp3) is 0.500. The predicted molar refractivity (Wildman–Crippen MR) is 90.5 cm³/mol. The van der Waals surface area contributed by atoms with Gasteiger partial charge in [-0.15, -0.1) is 0 Å². The lowest BCUT2D eigenvalue weighted by atomic mass is 10.1. The maximum atomic E-state index is 2.50. The third kappa shape index (κ3) is 1.81. The van der Waals surface area contributed by atoms with Crippen LogP contribution < -0.4 is 0 Å². The summed E-state index contributed by atoms with van der Waals surface area (Å²) in [6.07, 6.45) is 2.35. The van der Waals surface area contributed by atoms with E-state index in [1.807, 2.05) is 0 Å². The van der Waals surface area contributed by atoms with Gasteiger partial charge < -0.3 is 0 Å². The summed E-state index contributed by atoms with van der Waals surface area (Å²) >= 11 is 0. The summed E-state index contributed by atoms with van der Waals surface area (Å²) in [6.45, 7) is 19.2. The van der Waals surface area contributed by atoms with Crippen molar-refractivity contribution in [3.8, 4) is 0 Å². The fourth-order valence-corrected chi connectivity index (χ4v) is 10.3. The molecular weight excluding hydrogens is 254 g/mol. The number of rotatable bonds is 1. The molecule has 0 aromatic heterocycles. The second-order valence-electron chi connectivity index (χ2n) is 6.52. The maximum Gasteiger partial charge on any atom is 0.144 e. The lowest BCUT2D eigenvalue weighted by molar-refractivity contribution is 1.32. The highest BCUT2D eigenvalue weighted by molar-refractivity contribution is 7.87. The lowest BCUT2D eigenvalue weighted by Crippen LogP contribution is -1.99. The van der Waals surface area contributed by atoms with Crippen molar-refractivity contribution in [2.75, 3.05) is 26.7 Å². The second kappa shape index (κ2) is 4.16. The van der Waals surface area contributed by atoms with Crippen molar-refractivity contribution in [3.63, 3.8) is 0 Å². The molecule has 0 nitrogen and oxygen atoms in total. The third-order valence-corrected chi connectivity index (χ3v) is 11.2. The van der Waals surface area contributed by atoms with Crippen LogP contribution in [0.25, 0.3) is 0 Å². The van der Waals surface area contributed by atoms with E-state index >= 15 is 0 Å². The average molecular weight is 280 g/mol. The number of hydrogen-bond donors (Lipinski definition) is 0. The highest BCUT2D eigenvalue weighted by Crippen LogP contribution is 2.81. The van der Waals surface area contributed by atoms with Gasteiger partial charge in [-0.2, -0.15) is 0 Å². The predicted octanol–water partition coefficient (Wildman–Crippen LogP) is 5.92. The first-order valence-electron chi connectivity index (χ1n) is 6.59. The van der Waals surface area contributed by atoms with E-state index in [4.69, 9.17) is 0 Å². The zero-order valence-corrected chi connectivity index (χ0v) is 14.8. The number of hydrogen-bond acceptors (Lipinski definition) is 0. The summed E-state index contributed by atoms with van der Waals surface area (Å²) in [7, 11) is -2.12. The van der Waals surface area contributed by atoms with Gasteiger partial charge in [-0.25, -0.2) is 0 Å². The lowest BCUT2D eigenvalue weighted by Gasteiger charge is -2.22. The minimum absolute atomic E-state index is 1.04. The van der Waals surface area contributed by atoms with Crippen molar-refractivity contribution in [2.24, 2.45) is 0 Å². The molecule has 0 fully saturated rings. The van der Waals surface area contributed by atoms with Gasteiger partial charge in [0.1, 0.15) is 10.6 Å². The Morgan fingerprint density at radius 2 is 1.33 bits per heavy atom. The summed E-state index contributed by atoms with van der Waals surface area (Å²) in [5.74, 6) is 2.47. The molecule has 0 unspecified atom stereocenters. The van der Waals surface area contributed by atoms with Crippen molar-refractivity contribution in [1.82, 2.24) is 0 Å². The Balaban J connectivity index is 2.66. The van der Waals surface area contributed by atoms with E-state index < -0.39 is 14.5 Å². The van der Waals surface area contributed by atoms with Gasteiger partial charge in [0.2, 0.25) is 0 Å². The smallest absolute Gasteiger partial charge is 0.0358 e. The van der Waals surface area contributed by atoms with E-state index in [0.717, 1.165) is 0 Å². The second-order valence-corrected chi connectivity index (χ2v) is 14.4. The van der Waals surface area contributed by atoms with E-state index in [1.54, 1.807) is 27.1 Å². The van der Waals surface area contributed by atoms with Crippen LogP contribution in [0.1, 0.15) is 27.7 Å². The molecule has 0 atom stereocenters. The molecular formula is C16H26P2+2. The van der Waals surface area contributed by atoms with Crippen molar-refractivity contribution >= 4 is 14.5 Å². The third-order valence-electron chi connectivity index (χ3n) is 4.73. The largest absolute Gasteiger partial charge is 0.144 e. The molecule has 2 aliphatic heterocycles. The van der Waals surface area contributed by atoms with Gasteiger partial charge in [0.25, 0.3) is 0 Å². The first-order chi connectivity index (χ1) is 8.10. The van der Waals surface area contributed by atoms with Crippen molar-refractivity contribution in [2.45, 2.75) is 27.7 Å². The van der Waals surface area contributed by atoms with Crippen LogP contribution in [0.4, 0.5) is 0 Å². The Kier molecular flexibility index (Phi) is 3.29. The molecule has 0 bridgehead atoms. The average Bonchev–Trinajstić information content (AvgIpc) is 2.59. The van der Waals surface area contributed by atoms with E-state index in [-0.39, 0.29) is 0 Å². The molecule has 0 N–H and O–H groups in total. The molecule has 0 saturated carbocycles. The van der Waals surface area contributed by atoms with E-state index in [2.05, 4.69) is 66.2 Å². The van der Waals surface area contributed by atoms with Crippen LogP contribution in [0, 0.1) is 0 Å². The van der Waals surface area contributed by atoms with E-state index in [9.17, 15) is 0 Å². The van der Waals surface area contributed by atoms with E-state index in [1.165, 1.54) is 5.57 Å². The zero-order chi connectivity index (χ0) is 13.9. The highest BCUT2D eigenvalue weighted by Gasteiger charge is 2.51. The molecule has 18 heavy (non-hydrogen) atoms. The van der Waals surface area contributed by atoms with Gasteiger partial charge in [0.05, 0.1) is 52.3 Å². The molecule has 2 rings (SSSR count). The molecule has 98 valence electrons. The van der Waals surface area contributed by atoms with Gasteiger partial charge in [-0.3, -0.25) is 0 Å². The Labute approximate surface area is 114 Å². The summed E-state index contributed by atoms with van der Waals surface area (Å²) in [5.41, 5.74) is 4.63. The van der Waals surface area contributed by atoms with Crippen LogP contribution in [-0.4, -0.2) is 26.7 Å². The quantitative estimate of drug-likeness (QED) is 0.523. The summed E-state index contributed by atoms with van der Waals surface area (Å²) in [4.78, 5) is 0. The van der Waals surface area contributed by atoms with Crippen LogP contribution in [-0.2, 0) is 0 Å². The van der Waals surface area contributed by atoms with Gasteiger partial charge in [0.15, 0.2) is 0 Å². The Bertz CT molecular complexity index is 537. The molecule has 2 aliphatic rings. The van der Waals surface area contributed by atoms with Crippen LogP contribution in [0.5, 0.6) is 0 Å². The summed E-state index contributed by atoms with van der Waals surface area (Å²) < 4.78 is 0. The van der Waals surface area contributed by atoms with Gasteiger partial charge in [0, 0.05) is 5.57 Å². The molecule has 0 radical (unpaired) electrons. The Morgan fingerprint density at radius 1 is 0.778 bits per heavy atom. The molecule has 0 aromatic carbocycles. The maximum absolute atomic E-state index is 2.50. The van der Waals surface area contributed by atoms with Crippen molar-refractivity contribution in [1.29, 1.82) is 0 Å². The van der Waals surface area contributed by atoms with Crippen LogP contribution in [0.3, 0.4) is 0 Å². The van der Waals surface area contributed by atoms with Gasteiger partial charge >= 0.3 is 0 Å². The molecule has 0 aliphatic carbocycles. The van der Waals surface area contributed by atoms with Crippen LogP contribution in [0.2, 0.25) is 0 Å². The monoisotopic (exact) mass is 280 g/mol. The Morgan fingerprint density at radius 3 is 1.67 bits per heavy atom. The first-order valence-corrected chi connectivity index (χ1v) is 12.0. The molecule has 0 saturated heterocycles.